The molecule has 1 aliphatic carbocycles. The lowest BCUT2D eigenvalue weighted by Gasteiger charge is -2.34. The molecule has 0 bridgehead atoms. The van der Waals surface area contributed by atoms with Crippen molar-refractivity contribution in [3.8, 4) is 0 Å². The van der Waals surface area contributed by atoms with Crippen LogP contribution in [0.15, 0.2) is 29.1 Å². The molecule has 0 saturated carbocycles. The number of aryl methyl sites for hydroxylation is 1. The van der Waals surface area contributed by atoms with E-state index in [2.05, 4.69) is 30.7 Å². The number of nitrogens with one attached hydrogen (secondary N) is 1. The first kappa shape index (κ1) is 23.2. The second kappa shape index (κ2) is 8.89. The minimum atomic E-state index is -0.404. The monoisotopic (exact) mass is 482 g/mol. The third-order valence-electron chi connectivity index (χ3n) is 7.30. The van der Waals surface area contributed by atoms with Gasteiger partial charge >= 0.3 is 0 Å². The van der Waals surface area contributed by atoms with E-state index in [9.17, 15) is 14.0 Å². The van der Waals surface area contributed by atoms with Crippen molar-refractivity contribution in [2.75, 3.05) is 26.2 Å². The Bertz CT molecular complexity index is 1280. The number of halogens is 1. The number of thiophene rings is 1. The van der Waals surface area contributed by atoms with Crippen molar-refractivity contribution in [2.45, 2.75) is 46.6 Å². The quantitative estimate of drug-likeness (QED) is 0.607. The average Bonchev–Trinajstić information content (AvgIpc) is 3.16. The van der Waals surface area contributed by atoms with E-state index in [0.717, 1.165) is 29.5 Å². The van der Waals surface area contributed by atoms with E-state index in [0.29, 0.717) is 50.0 Å². The zero-order valence-corrected chi connectivity index (χ0v) is 20.8. The van der Waals surface area contributed by atoms with Crippen LogP contribution in [0.3, 0.4) is 0 Å². The first-order valence-electron chi connectivity index (χ1n) is 12.0. The maximum absolute atomic E-state index is 13.5. The Labute approximate surface area is 202 Å². The highest BCUT2D eigenvalue weighted by atomic mass is 32.1. The Hall–Kier alpha value is -2.58. The molecule has 3 aromatic rings. The molecule has 6 nitrogen and oxygen atoms in total. The summed E-state index contributed by atoms with van der Waals surface area (Å²) >= 11 is 1.68. The Morgan fingerprint density at radius 2 is 2.00 bits per heavy atom. The van der Waals surface area contributed by atoms with Crippen LogP contribution in [-0.2, 0) is 19.4 Å². The van der Waals surface area contributed by atoms with E-state index < -0.39 is 5.82 Å². The van der Waals surface area contributed by atoms with Crippen LogP contribution in [0.4, 0.5) is 4.39 Å². The summed E-state index contributed by atoms with van der Waals surface area (Å²) < 4.78 is 13.5. The summed E-state index contributed by atoms with van der Waals surface area (Å²) in [6.07, 6.45) is 3.08. The molecule has 1 aromatic carbocycles. The Morgan fingerprint density at radius 3 is 2.71 bits per heavy atom. The Kier molecular flexibility index (Phi) is 6.06. The topological polar surface area (TPSA) is 69.3 Å². The number of nitrogens with zero attached hydrogens (tertiary/aromatic N) is 3. The summed E-state index contributed by atoms with van der Waals surface area (Å²) in [5, 5.41) is 0.779. The number of carbonyl (C=O) groups excluding carboxylic acids is 1. The number of aromatic nitrogens is 2. The second-order valence-electron chi connectivity index (χ2n) is 10.6. The summed E-state index contributed by atoms with van der Waals surface area (Å²) in [7, 11) is 0. The predicted molar refractivity (Wildman–Crippen MR) is 133 cm³/mol. The van der Waals surface area contributed by atoms with Crippen molar-refractivity contribution < 1.29 is 9.18 Å². The Balaban J connectivity index is 1.27. The van der Waals surface area contributed by atoms with Crippen molar-refractivity contribution in [1.29, 1.82) is 0 Å². The molecule has 2 aliphatic rings. The average molecular weight is 483 g/mol. The fraction of sp³-hybridized carbons (Fsp3) is 0.500. The summed E-state index contributed by atoms with van der Waals surface area (Å²) in [5.74, 6) is 0.746. The number of hydrogen-bond donors (Lipinski definition) is 1. The number of piperazine rings is 1. The lowest BCUT2D eigenvalue weighted by atomic mass is 9.72. The molecule has 1 amide bonds. The lowest BCUT2D eigenvalue weighted by molar-refractivity contribution is 0.0625. The van der Waals surface area contributed by atoms with Crippen molar-refractivity contribution in [3.63, 3.8) is 0 Å². The maximum atomic E-state index is 13.5. The number of aromatic amines is 1. The van der Waals surface area contributed by atoms with Crippen LogP contribution in [0.25, 0.3) is 10.2 Å². The molecule has 0 radical (unpaired) electrons. The SMILES string of the molecule is CC(C)(C)[C@@H]1CCc2c(sc3nc(CN4CCN(C(=O)c5cccc(F)c5)CC4)[nH]c(=O)c23)C1. The Morgan fingerprint density at radius 1 is 1.24 bits per heavy atom. The first-order chi connectivity index (χ1) is 16.2. The fourth-order valence-corrected chi connectivity index (χ4v) is 6.49. The number of benzene rings is 1. The summed E-state index contributed by atoms with van der Waals surface area (Å²) in [6, 6.07) is 5.82. The van der Waals surface area contributed by atoms with Gasteiger partial charge in [0.05, 0.1) is 11.9 Å². The molecule has 1 aliphatic heterocycles. The van der Waals surface area contributed by atoms with E-state index in [1.165, 1.54) is 22.6 Å². The summed E-state index contributed by atoms with van der Waals surface area (Å²) in [4.78, 5) is 39.6. The second-order valence-corrected chi connectivity index (χ2v) is 11.7. The standard InChI is InChI=1S/C26H31FN4O2S/c1-26(2,3)17-7-8-19-20(14-17)34-24-22(19)23(32)28-21(29-24)15-30-9-11-31(12-10-30)25(33)16-5-4-6-18(27)13-16/h4-6,13,17H,7-12,14-15H2,1-3H3,(H,28,29,32)/t17-/m1/s1. The van der Waals surface area contributed by atoms with Gasteiger partial charge in [0.25, 0.3) is 11.5 Å². The highest BCUT2D eigenvalue weighted by Gasteiger charge is 2.32. The van der Waals surface area contributed by atoms with Gasteiger partial charge in [-0.05, 0) is 54.4 Å². The van der Waals surface area contributed by atoms with Crippen molar-refractivity contribution in [2.24, 2.45) is 11.3 Å². The van der Waals surface area contributed by atoms with Crippen LogP contribution in [0.5, 0.6) is 0 Å². The molecule has 1 atom stereocenters. The van der Waals surface area contributed by atoms with Gasteiger partial charge in [-0.1, -0.05) is 26.8 Å². The van der Waals surface area contributed by atoms with Gasteiger partial charge in [0.2, 0.25) is 0 Å². The van der Waals surface area contributed by atoms with E-state index >= 15 is 0 Å². The molecular formula is C26H31FN4O2S. The molecule has 1 fully saturated rings. The predicted octanol–water partition coefficient (Wildman–Crippen LogP) is 4.23. The third-order valence-corrected chi connectivity index (χ3v) is 8.45. The lowest BCUT2D eigenvalue weighted by Crippen LogP contribution is -2.48. The van der Waals surface area contributed by atoms with Gasteiger partial charge in [-0.15, -0.1) is 11.3 Å². The molecule has 1 saturated heterocycles. The minimum absolute atomic E-state index is 0.0355. The largest absolute Gasteiger partial charge is 0.336 e. The van der Waals surface area contributed by atoms with Crippen LogP contribution in [0.1, 0.15) is 53.8 Å². The van der Waals surface area contributed by atoms with Crippen molar-refractivity contribution in [1.82, 2.24) is 19.8 Å². The van der Waals surface area contributed by atoms with E-state index in [-0.39, 0.29) is 16.9 Å². The molecule has 0 unspecified atom stereocenters. The van der Waals surface area contributed by atoms with E-state index in [1.807, 2.05) is 0 Å². The van der Waals surface area contributed by atoms with Gasteiger partial charge in [0.15, 0.2) is 0 Å². The molecule has 1 N–H and O–H groups in total. The highest BCUT2D eigenvalue weighted by molar-refractivity contribution is 7.18. The van der Waals surface area contributed by atoms with Crippen LogP contribution >= 0.6 is 11.3 Å². The maximum Gasteiger partial charge on any atom is 0.259 e. The first-order valence-corrected chi connectivity index (χ1v) is 12.8. The number of rotatable bonds is 3. The van der Waals surface area contributed by atoms with Gasteiger partial charge in [0.1, 0.15) is 16.5 Å². The van der Waals surface area contributed by atoms with E-state index in [1.54, 1.807) is 28.4 Å². The zero-order chi connectivity index (χ0) is 24.0. The van der Waals surface area contributed by atoms with Gasteiger partial charge < -0.3 is 9.88 Å². The minimum Gasteiger partial charge on any atom is -0.336 e. The molecule has 8 heteroatoms. The number of fused-ring (bicyclic) bond motifs is 3. The fourth-order valence-electron chi connectivity index (χ4n) is 5.17. The highest BCUT2D eigenvalue weighted by Crippen LogP contribution is 2.42. The number of amides is 1. The molecule has 34 heavy (non-hydrogen) atoms. The third kappa shape index (κ3) is 4.53. The van der Waals surface area contributed by atoms with Crippen molar-refractivity contribution >= 4 is 27.5 Å². The van der Waals surface area contributed by atoms with Gasteiger partial charge in [-0.25, -0.2) is 9.37 Å². The number of carbonyl (C=O) groups is 1. The van der Waals surface area contributed by atoms with Gasteiger partial charge in [-0.2, -0.15) is 0 Å². The van der Waals surface area contributed by atoms with Crippen molar-refractivity contribution in [3.05, 3.63) is 62.3 Å². The molecule has 0 spiro atoms. The van der Waals surface area contributed by atoms with Crippen LogP contribution in [0.2, 0.25) is 0 Å². The summed E-state index contributed by atoms with van der Waals surface area (Å²) in [5.41, 5.74) is 1.80. The molecule has 180 valence electrons. The van der Waals surface area contributed by atoms with E-state index in [4.69, 9.17) is 4.98 Å². The molecule has 3 heterocycles. The number of hydrogen-bond acceptors (Lipinski definition) is 5. The normalized spacial score (nSPS) is 19.4. The van der Waals surface area contributed by atoms with Gasteiger partial charge in [-0.3, -0.25) is 14.5 Å². The van der Waals surface area contributed by atoms with Gasteiger partial charge in [0, 0.05) is 36.6 Å². The molecular weight excluding hydrogens is 451 g/mol. The number of H-pyrrole nitrogens is 1. The van der Waals surface area contributed by atoms with Crippen LogP contribution < -0.4 is 5.56 Å². The summed E-state index contributed by atoms with van der Waals surface area (Å²) in [6.45, 7) is 9.90. The zero-order valence-electron chi connectivity index (χ0n) is 20.0. The molecule has 2 aromatic heterocycles. The van der Waals surface area contributed by atoms with Crippen LogP contribution in [-0.4, -0.2) is 51.9 Å². The van der Waals surface area contributed by atoms with Crippen LogP contribution in [0, 0.1) is 17.2 Å². The molecule has 5 rings (SSSR count). The smallest absolute Gasteiger partial charge is 0.259 e.